The molecule has 172 valence electrons. The molecule has 2 unspecified atom stereocenters. The van der Waals surface area contributed by atoms with Gasteiger partial charge >= 0.3 is 0 Å². The van der Waals surface area contributed by atoms with Crippen LogP contribution >= 0.6 is 0 Å². The second kappa shape index (κ2) is 8.85. The van der Waals surface area contributed by atoms with Crippen LogP contribution in [-0.2, 0) is 6.42 Å². The van der Waals surface area contributed by atoms with Gasteiger partial charge in [0.25, 0.3) is 0 Å². The lowest BCUT2D eigenvalue weighted by molar-refractivity contribution is 0.157. The van der Waals surface area contributed by atoms with E-state index in [-0.39, 0.29) is 12.0 Å². The van der Waals surface area contributed by atoms with Gasteiger partial charge in [-0.2, -0.15) is 0 Å². The number of ether oxygens (including phenoxy) is 1. The average molecular weight is 446 g/mol. The Kier molecular flexibility index (Phi) is 5.93. The molecule has 32 heavy (non-hydrogen) atoms. The predicted molar refractivity (Wildman–Crippen MR) is 120 cm³/mol. The highest BCUT2D eigenvalue weighted by Gasteiger charge is 2.38. The molecule has 0 aliphatic carbocycles. The van der Waals surface area contributed by atoms with E-state index in [1.54, 1.807) is 12.1 Å². The number of halogens is 3. The number of hydrogen-bond acceptors (Lipinski definition) is 4. The molecular weight excluding hydrogens is 415 g/mol. The summed E-state index contributed by atoms with van der Waals surface area (Å²) in [4.78, 5) is 4.95. The molecule has 1 fully saturated rings. The number of rotatable bonds is 6. The molecule has 3 heterocycles. The first-order valence-corrected chi connectivity index (χ1v) is 11.7. The molecule has 0 saturated carbocycles. The Morgan fingerprint density at radius 3 is 2.62 bits per heavy atom. The molecule has 0 radical (unpaired) electrons. The third-order valence-corrected chi connectivity index (χ3v) is 7.20. The van der Waals surface area contributed by atoms with E-state index in [0.29, 0.717) is 24.3 Å². The molecule has 5 rings (SSSR count). The van der Waals surface area contributed by atoms with Crippen LogP contribution in [0.15, 0.2) is 30.3 Å². The molecular formula is C25H30F3N3O. The number of nitrogens with one attached hydrogen (secondary N) is 1. The number of nitrogens with zero attached hydrogens (tertiary/aromatic N) is 2. The lowest BCUT2D eigenvalue weighted by Gasteiger charge is -2.40. The van der Waals surface area contributed by atoms with E-state index in [4.69, 9.17) is 4.74 Å². The Labute approximate surface area is 187 Å². The van der Waals surface area contributed by atoms with Crippen LogP contribution in [0.5, 0.6) is 5.75 Å². The fourth-order valence-electron chi connectivity index (χ4n) is 5.44. The zero-order valence-corrected chi connectivity index (χ0v) is 18.4. The largest absolute Gasteiger partial charge is 0.493 e. The van der Waals surface area contributed by atoms with Crippen LogP contribution in [0, 0.1) is 23.4 Å². The fourth-order valence-corrected chi connectivity index (χ4v) is 5.44. The van der Waals surface area contributed by atoms with Crippen LogP contribution in [0.1, 0.15) is 38.2 Å². The molecule has 0 bridgehead atoms. The molecule has 2 atom stereocenters. The summed E-state index contributed by atoms with van der Waals surface area (Å²) in [7, 11) is 0. The molecule has 2 aromatic carbocycles. The Balaban J connectivity index is 1.11. The molecule has 7 heteroatoms. The minimum Gasteiger partial charge on any atom is -0.493 e. The number of hydrogen-bond donors (Lipinski definition) is 1. The minimum absolute atomic E-state index is 0.159. The van der Waals surface area contributed by atoms with Gasteiger partial charge < -0.3 is 15.0 Å². The smallest absolute Gasteiger partial charge is 0.162 e. The quantitative estimate of drug-likeness (QED) is 0.663. The summed E-state index contributed by atoms with van der Waals surface area (Å²) in [5.41, 5.74) is 3.24. The molecule has 0 amide bonds. The van der Waals surface area contributed by atoms with E-state index in [2.05, 4.69) is 22.0 Å². The lowest BCUT2D eigenvalue weighted by atomic mass is 9.93. The number of aryl methyl sites for hydroxylation is 1. The van der Waals surface area contributed by atoms with Gasteiger partial charge in [-0.05, 0) is 87.9 Å². The Bertz CT molecular complexity index is 977. The highest BCUT2D eigenvalue weighted by Crippen LogP contribution is 2.44. The number of anilines is 2. The van der Waals surface area contributed by atoms with Gasteiger partial charge in [-0.25, -0.2) is 13.2 Å². The first-order valence-electron chi connectivity index (χ1n) is 11.7. The second-order valence-electron chi connectivity index (χ2n) is 9.37. The van der Waals surface area contributed by atoms with Gasteiger partial charge in [-0.3, -0.25) is 4.90 Å². The highest BCUT2D eigenvalue weighted by molar-refractivity contribution is 5.80. The maximum atomic E-state index is 14.0. The van der Waals surface area contributed by atoms with Crippen LogP contribution in [0.2, 0.25) is 0 Å². The van der Waals surface area contributed by atoms with E-state index in [1.165, 1.54) is 11.8 Å². The molecule has 3 aliphatic heterocycles. The number of piperidine rings is 1. The molecule has 0 aromatic heterocycles. The zero-order valence-electron chi connectivity index (χ0n) is 18.4. The van der Waals surface area contributed by atoms with Crippen molar-refractivity contribution in [1.82, 2.24) is 4.90 Å². The third-order valence-electron chi connectivity index (χ3n) is 7.20. The third kappa shape index (κ3) is 4.27. The van der Waals surface area contributed by atoms with Crippen LogP contribution in [-0.4, -0.2) is 43.3 Å². The monoisotopic (exact) mass is 445 g/mol. The minimum atomic E-state index is -0.878. The highest BCUT2D eigenvalue weighted by atomic mass is 19.2. The molecule has 2 aromatic rings. The van der Waals surface area contributed by atoms with Gasteiger partial charge in [0.1, 0.15) is 17.7 Å². The van der Waals surface area contributed by atoms with E-state index < -0.39 is 11.6 Å². The van der Waals surface area contributed by atoms with Crippen LogP contribution in [0.4, 0.5) is 24.5 Å². The van der Waals surface area contributed by atoms with Crippen molar-refractivity contribution in [2.75, 3.05) is 36.5 Å². The molecule has 3 aliphatic rings. The lowest BCUT2D eigenvalue weighted by Crippen LogP contribution is -2.51. The van der Waals surface area contributed by atoms with Gasteiger partial charge in [0.15, 0.2) is 11.6 Å². The van der Waals surface area contributed by atoms with Crippen molar-refractivity contribution in [2.45, 2.75) is 51.2 Å². The molecule has 1 saturated heterocycles. The average Bonchev–Trinajstić information content (AvgIpc) is 3.13. The molecule has 1 N–H and O–H groups in total. The Morgan fingerprint density at radius 1 is 1.03 bits per heavy atom. The number of benzene rings is 2. The predicted octanol–water partition coefficient (Wildman–Crippen LogP) is 5.18. The van der Waals surface area contributed by atoms with Crippen molar-refractivity contribution in [3.8, 4) is 5.75 Å². The number of likely N-dealkylation sites (tertiary alicyclic amines) is 1. The second-order valence-corrected chi connectivity index (χ2v) is 9.37. The van der Waals surface area contributed by atoms with Crippen LogP contribution < -0.4 is 15.0 Å². The first-order chi connectivity index (χ1) is 15.5. The van der Waals surface area contributed by atoms with Crippen molar-refractivity contribution in [3.05, 3.63) is 53.3 Å². The molecule has 4 nitrogen and oxygen atoms in total. The topological polar surface area (TPSA) is 27.7 Å². The van der Waals surface area contributed by atoms with E-state index >= 15 is 0 Å². The first kappa shape index (κ1) is 21.4. The summed E-state index contributed by atoms with van der Waals surface area (Å²) in [6.07, 6.45) is 5.25. The van der Waals surface area contributed by atoms with Gasteiger partial charge in [0, 0.05) is 18.7 Å². The summed E-state index contributed by atoms with van der Waals surface area (Å²) in [5, 5.41) is 3.57. The van der Waals surface area contributed by atoms with E-state index in [9.17, 15) is 13.2 Å². The molecule has 0 spiro atoms. The van der Waals surface area contributed by atoms with Gasteiger partial charge in [0.2, 0.25) is 0 Å². The van der Waals surface area contributed by atoms with Gasteiger partial charge in [-0.1, -0.05) is 0 Å². The van der Waals surface area contributed by atoms with Crippen molar-refractivity contribution >= 4 is 11.4 Å². The Morgan fingerprint density at radius 2 is 1.84 bits per heavy atom. The summed E-state index contributed by atoms with van der Waals surface area (Å²) in [6.45, 7) is 5.73. The van der Waals surface area contributed by atoms with Crippen molar-refractivity contribution < 1.29 is 17.9 Å². The zero-order chi connectivity index (χ0) is 22.2. The summed E-state index contributed by atoms with van der Waals surface area (Å²) in [6, 6.07) is 7.42. The van der Waals surface area contributed by atoms with E-state index in [1.807, 2.05) is 0 Å². The fraction of sp³-hybridized carbons (Fsp3) is 0.520. The summed E-state index contributed by atoms with van der Waals surface area (Å²) < 4.78 is 45.9. The SMILES string of the molecule is CC1CCc2cc(F)cc3c2N1C(CN1CCC(CCOc2ccc(F)c(F)c2)CC1)N3. The summed E-state index contributed by atoms with van der Waals surface area (Å²) in [5.74, 6) is -0.950. The van der Waals surface area contributed by atoms with Crippen molar-refractivity contribution in [2.24, 2.45) is 5.92 Å². The summed E-state index contributed by atoms with van der Waals surface area (Å²) >= 11 is 0. The van der Waals surface area contributed by atoms with Crippen molar-refractivity contribution in [1.29, 1.82) is 0 Å². The van der Waals surface area contributed by atoms with E-state index in [0.717, 1.165) is 75.1 Å². The van der Waals surface area contributed by atoms with Gasteiger partial charge in [-0.15, -0.1) is 0 Å². The van der Waals surface area contributed by atoms with Crippen LogP contribution in [0.3, 0.4) is 0 Å². The standard InChI is InChI=1S/C25H30F3N3O/c1-16-2-3-18-12-19(26)13-23-25(18)31(16)24(29-23)15-30-9-6-17(7-10-30)8-11-32-20-4-5-21(27)22(28)14-20/h4-5,12-14,16-17,24,29H,2-3,6-11,15H2,1H3. The van der Waals surface area contributed by atoms with Crippen molar-refractivity contribution in [3.63, 3.8) is 0 Å². The van der Waals surface area contributed by atoms with Crippen LogP contribution in [0.25, 0.3) is 0 Å². The maximum Gasteiger partial charge on any atom is 0.162 e. The van der Waals surface area contributed by atoms with Gasteiger partial charge in [0.05, 0.1) is 18.0 Å². The normalized spacial score (nSPS) is 23.2. The Hall–Kier alpha value is -2.41. The maximum absolute atomic E-state index is 14.0.